The van der Waals surface area contributed by atoms with Crippen molar-refractivity contribution in [2.75, 3.05) is 19.8 Å². The molecule has 0 unspecified atom stereocenters. The first-order valence-corrected chi connectivity index (χ1v) is 8.76. The van der Waals surface area contributed by atoms with Crippen LogP contribution in [-0.2, 0) is 4.74 Å². The molecule has 0 bridgehead atoms. The standard InChI is InChI=1S/C18H20FNO2S/c19-15-5-2-1-4-14(15)16-8-9-17(23-16)18(21)20-10-3-11-22-12-13-6-7-13/h1-2,4-5,8-9,13H,3,6-7,10-12H2,(H,20,21). The van der Waals surface area contributed by atoms with Crippen molar-refractivity contribution in [3.8, 4) is 10.4 Å². The van der Waals surface area contributed by atoms with E-state index >= 15 is 0 Å². The number of halogens is 1. The molecule has 23 heavy (non-hydrogen) atoms. The number of benzene rings is 1. The number of carbonyl (C=O) groups is 1. The van der Waals surface area contributed by atoms with E-state index in [2.05, 4.69) is 5.32 Å². The SMILES string of the molecule is O=C(NCCCOCC1CC1)c1ccc(-c2ccccc2F)s1. The van der Waals surface area contributed by atoms with Crippen LogP contribution in [0.25, 0.3) is 10.4 Å². The summed E-state index contributed by atoms with van der Waals surface area (Å²) in [5, 5.41) is 2.88. The maximum absolute atomic E-state index is 13.8. The summed E-state index contributed by atoms with van der Waals surface area (Å²) in [5.41, 5.74) is 0.532. The van der Waals surface area contributed by atoms with Crippen LogP contribution in [0, 0.1) is 11.7 Å². The van der Waals surface area contributed by atoms with Crippen molar-refractivity contribution in [2.45, 2.75) is 19.3 Å². The number of ether oxygens (including phenoxy) is 1. The van der Waals surface area contributed by atoms with Crippen molar-refractivity contribution in [3.05, 3.63) is 47.1 Å². The summed E-state index contributed by atoms with van der Waals surface area (Å²) in [4.78, 5) is 13.5. The summed E-state index contributed by atoms with van der Waals surface area (Å²) < 4.78 is 19.3. The van der Waals surface area contributed by atoms with Gasteiger partial charge in [0, 0.05) is 30.2 Å². The Labute approximate surface area is 139 Å². The van der Waals surface area contributed by atoms with Gasteiger partial charge in [0.15, 0.2) is 0 Å². The molecule has 5 heteroatoms. The molecule has 1 aromatic carbocycles. The second-order valence-electron chi connectivity index (χ2n) is 5.77. The van der Waals surface area contributed by atoms with Crippen molar-refractivity contribution in [1.29, 1.82) is 0 Å². The van der Waals surface area contributed by atoms with Gasteiger partial charge in [0.1, 0.15) is 5.82 Å². The van der Waals surface area contributed by atoms with Gasteiger partial charge in [0.25, 0.3) is 5.91 Å². The van der Waals surface area contributed by atoms with Crippen LogP contribution in [0.1, 0.15) is 28.9 Å². The molecule has 2 aromatic rings. The molecule has 1 aromatic heterocycles. The lowest BCUT2D eigenvalue weighted by Crippen LogP contribution is -2.24. The third-order valence-corrected chi connectivity index (χ3v) is 4.89. The van der Waals surface area contributed by atoms with E-state index in [4.69, 9.17) is 4.74 Å². The van der Waals surface area contributed by atoms with Crippen molar-refractivity contribution < 1.29 is 13.9 Å². The quantitative estimate of drug-likeness (QED) is 0.739. The van der Waals surface area contributed by atoms with Gasteiger partial charge in [0.05, 0.1) is 4.88 Å². The molecule has 0 saturated heterocycles. The van der Waals surface area contributed by atoms with Crippen molar-refractivity contribution in [3.63, 3.8) is 0 Å². The molecule has 0 spiro atoms. The van der Waals surface area contributed by atoms with E-state index in [0.717, 1.165) is 23.8 Å². The van der Waals surface area contributed by atoms with Gasteiger partial charge in [-0.25, -0.2) is 4.39 Å². The van der Waals surface area contributed by atoms with Crippen molar-refractivity contribution in [1.82, 2.24) is 5.32 Å². The van der Waals surface area contributed by atoms with Gasteiger partial charge in [0.2, 0.25) is 0 Å². The van der Waals surface area contributed by atoms with E-state index in [1.54, 1.807) is 30.3 Å². The van der Waals surface area contributed by atoms with Crippen LogP contribution in [0.5, 0.6) is 0 Å². The second kappa shape index (κ2) is 7.70. The number of hydrogen-bond acceptors (Lipinski definition) is 3. The van der Waals surface area contributed by atoms with Crippen LogP contribution in [0.2, 0.25) is 0 Å². The number of nitrogens with one attached hydrogen (secondary N) is 1. The number of rotatable bonds is 8. The van der Waals surface area contributed by atoms with E-state index in [1.807, 2.05) is 0 Å². The minimum absolute atomic E-state index is 0.111. The zero-order chi connectivity index (χ0) is 16.1. The lowest BCUT2D eigenvalue weighted by atomic mass is 10.2. The Balaban J connectivity index is 1.45. The maximum atomic E-state index is 13.8. The highest BCUT2D eigenvalue weighted by molar-refractivity contribution is 7.17. The molecule has 3 nitrogen and oxygen atoms in total. The monoisotopic (exact) mass is 333 g/mol. The molecule has 1 N–H and O–H groups in total. The lowest BCUT2D eigenvalue weighted by Gasteiger charge is -2.04. The molecular formula is C18H20FNO2S. The fourth-order valence-corrected chi connectivity index (χ4v) is 3.21. The molecule has 1 aliphatic rings. The molecule has 1 aliphatic carbocycles. The number of amides is 1. The van der Waals surface area contributed by atoms with Gasteiger partial charge in [-0.2, -0.15) is 0 Å². The van der Waals surface area contributed by atoms with Gasteiger partial charge in [-0.3, -0.25) is 4.79 Å². The predicted molar refractivity (Wildman–Crippen MR) is 90.2 cm³/mol. The third-order valence-electron chi connectivity index (χ3n) is 3.77. The van der Waals surface area contributed by atoms with Gasteiger partial charge in [-0.05, 0) is 43.4 Å². The number of hydrogen-bond donors (Lipinski definition) is 1. The molecular weight excluding hydrogens is 313 g/mol. The van der Waals surface area contributed by atoms with E-state index in [9.17, 15) is 9.18 Å². The van der Waals surface area contributed by atoms with Crippen LogP contribution in [0.15, 0.2) is 36.4 Å². The minimum atomic E-state index is -0.269. The molecule has 1 heterocycles. The van der Waals surface area contributed by atoms with E-state index in [0.29, 0.717) is 23.6 Å². The predicted octanol–water partition coefficient (Wildman–Crippen LogP) is 4.10. The molecule has 1 amide bonds. The van der Waals surface area contributed by atoms with Crippen LogP contribution in [-0.4, -0.2) is 25.7 Å². The fourth-order valence-electron chi connectivity index (χ4n) is 2.26. The summed E-state index contributed by atoms with van der Waals surface area (Å²) in [6.45, 7) is 2.13. The summed E-state index contributed by atoms with van der Waals surface area (Å²) in [6, 6.07) is 10.1. The van der Waals surface area contributed by atoms with Crippen LogP contribution >= 0.6 is 11.3 Å². The van der Waals surface area contributed by atoms with Crippen molar-refractivity contribution >= 4 is 17.2 Å². The topological polar surface area (TPSA) is 38.3 Å². The fraction of sp³-hybridized carbons (Fsp3) is 0.389. The Kier molecular flexibility index (Phi) is 5.41. The van der Waals surface area contributed by atoms with Crippen molar-refractivity contribution in [2.24, 2.45) is 5.92 Å². The average molecular weight is 333 g/mol. The largest absolute Gasteiger partial charge is 0.381 e. The van der Waals surface area contributed by atoms with E-state index in [-0.39, 0.29) is 11.7 Å². The summed E-state index contributed by atoms with van der Waals surface area (Å²) in [6.07, 6.45) is 3.39. The molecule has 0 atom stereocenters. The zero-order valence-electron chi connectivity index (χ0n) is 12.9. The smallest absolute Gasteiger partial charge is 0.261 e. The summed E-state index contributed by atoms with van der Waals surface area (Å²) in [7, 11) is 0. The molecule has 1 fully saturated rings. The van der Waals surface area contributed by atoms with Gasteiger partial charge in [-0.15, -0.1) is 11.3 Å². The Morgan fingerprint density at radius 2 is 2.09 bits per heavy atom. The van der Waals surface area contributed by atoms with Crippen LogP contribution in [0.4, 0.5) is 4.39 Å². The first kappa shape index (κ1) is 16.1. The van der Waals surface area contributed by atoms with E-state index < -0.39 is 0 Å². The Hall–Kier alpha value is -1.72. The van der Waals surface area contributed by atoms with E-state index in [1.165, 1.54) is 30.2 Å². The number of thiophene rings is 1. The minimum Gasteiger partial charge on any atom is -0.381 e. The Morgan fingerprint density at radius 1 is 1.26 bits per heavy atom. The zero-order valence-corrected chi connectivity index (χ0v) is 13.7. The molecule has 1 saturated carbocycles. The molecule has 3 rings (SSSR count). The second-order valence-corrected chi connectivity index (χ2v) is 6.86. The maximum Gasteiger partial charge on any atom is 0.261 e. The molecule has 122 valence electrons. The van der Waals surface area contributed by atoms with Crippen LogP contribution < -0.4 is 5.32 Å². The third kappa shape index (κ3) is 4.62. The lowest BCUT2D eigenvalue weighted by molar-refractivity contribution is 0.0941. The molecule has 0 radical (unpaired) electrons. The van der Waals surface area contributed by atoms with Gasteiger partial charge < -0.3 is 10.1 Å². The number of carbonyl (C=O) groups excluding carboxylic acids is 1. The highest BCUT2D eigenvalue weighted by Crippen LogP contribution is 2.30. The normalized spacial score (nSPS) is 14.0. The first-order chi connectivity index (χ1) is 11.2. The Bertz CT molecular complexity index is 667. The summed E-state index contributed by atoms with van der Waals surface area (Å²) >= 11 is 1.31. The van der Waals surface area contributed by atoms with Crippen LogP contribution in [0.3, 0.4) is 0 Å². The highest BCUT2D eigenvalue weighted by Gasteiger charge is 2.20. The van der Waals surface area contributed by atoms with Gasteiger partial charge >= 0.3 is 0 Å². The summed E-state index contributed by atoms with van der Waals surface area (Å²) in [5.74, 6) is 0.390. The highest BCUT2D eigenvalue weighted by atomic mass is 32.1. The Morgan fingerprint density at radius 3 is 2.87 bits per heavy atom. The molecule has 0 aliphatic heterocycles. The van der Waals surface area contributed by atoms with Gasteiger partial charge in [-0.1, -0.05) is 18.2 Å². The first-order valence-electron chi connectivity index (χ1n) is 7.95. The average Bonchev–Trinajstić information content (AvgIpc) is 3.25.